The quantitative estimate of drug-likeness (QED) is 0.562. The molecule has 0 aromatic heterocycles. The molecule has 2 aliphatic rings. The average molecular weight is 392 g/mol. The number of fused-ring (bicyclic) bond motifs is 1. The van der Waals surface area contributed by atoms with Crippen LogP contribution >= 0.6 is 15.9 Å². The summed E-state index contributed by atoms with van der Waals surface area (Å²) in [4.78, 5) is 11.9. The molecule has 0 bridgehead atoms. The summed E-state index contributed by atoms with van der Waals surface area (Å²) < 4.78 is 17.9. The molecule has 24 heavy (non-hydrogen) atoms. The molecule has 0 saturated carbocycles. The van der Waals surface area contributed by atoms with Gasteiger partial charge in [0.05, 0.1) is 17.1 Å². The molecule has 0 spiro atoms. The Morgan fingerprint density at radius 3 is 2.62 bits per heavy atom. The average Bonchev–Trinajstić information content (AvgIpc) is 2.97. The van der Waals surface area contributed by atoms with Crippen molar-refractivity contribution in [2.24, 2.45) is 5.92 Å². The van der Waals surface area contributed by atoms with E-state index >= 15 is 0 Å². The fourth-order valence-electron chi connectivity index (χ4n) is 3.58. The van der Waals surface area contributed by atoms with Gasteiger partial charge in [0.1, 0.15) is 0 Å². The van der Waals surface area contributed by atoms with Crippen LogP contribution in [0.2, 0.25) is 12.6 Å². The van der Waals surface area contributed by atoms with E-state index in [1.165, 1.54) is 7.11 Å². The fraction of sp³-hybridized carbons (Fsp3) is 0.529. The maximum Gasteiger partial charge on any atom is 0.338 e. The van der Waals surface area contributed by atoms with E-state index in [9.17, 15) is 4.79 Å². The second kappa shape index (κ2) is 6.32. The lowest BCUT2D eigenvalue weighted by Gasteiger charge is -2.35. The highest BCUT2D eigenvalue weighted by atomic mass is 79.9. The molecular formula is C17H19BBrNO4. The van der Waals surface area contributed by atoms with Gasteiger partial charge >= 0.3 is 5.97 Å². The Bertz CT molecular complexity index is 724. The van der Waals surface area contributed by atoms with E-state index in [4.69, 9.17) is 19.5 Å². The van der Waals surface area contributed by atoms with E-state index in [0.717, 1.165) is 31.0 Å². The van der Waals surface area contributed by atoms with Gasteiger partial charge < -0.3 is 14.2 Å². The van der Waals surface area contributed by atoms with E-state index in [2.05, 4.69) is 21.9 Å². The monoisotopic (exact) mass is 391 g/mol. The molecule has 1 fully saturated rings. The molecule has 1 aromatic carbocycles. The lowest BCUT2D eigenvalue weighted by molar-refractivity contribution is -0.114. The molecule has 0 amide bonds. The Kier molecular flexibility index (Phi) is 4.52. The van der Waals surface area contributed by atoms with Gasteiger partial charge in [-0.15, -0.1) is 0 Å². The van der Waals surface area contributed by atoms with Crippen LogP contribution in [0.15, 0.2) is 10.5 Å². The summed E-state index contributed by atoms with van der Waals surface area (Å²) in [5.41, 5.74) is 1.18. The van der Waals surface area contributed by atoms with Crippen LogP contribution in [0.4, 0.5) is 0 Å². The van der Waals surface area contributed by atoms with Crippen molar-refractivity contribution in [2.45, 2.75) is 45.1 Å². The van der Waals surface area contributed by atoms with Crippen molar-refractivity contribution >= 4 is 28.6 Å². The number of nitriles is 1. The van der Waals surface area contributed by atoms with E-state index in [1.807, 2.05) is 13.8 Å². The molecule has 5 nitrogen and oxygen atoms in total. The highest BCUT2D eigenvalue weighted by Gasteiger charge is 2.47. The number of carbonyl (C=O) groups is 1. The fourth-order valence-corrected chi connectivity index (χ4v) is 4.07. The predicted molar refractivity (Wildman–Crippen MR) is 93.6 cm³/mol. The van der Waals surface area contributed by atoms with Crippen LogP contribution in [0.25, 0.3) is 0 Å². The third-order valence-corrected chi connectivity index (χ3v) is 5.69. The molecular weight excluding hydrogens is 373 g/mol. The van der Waals surface area contributed by atoms with Gasteiger partial charge in [0.25, 0.3) is 12.5 Å². The minimum Gasteiger partial charge on any atom is -0.465 e. The molecule has 1 atom stereocenters. The van der Waals surface area contributed by atoms with Crippen LogP contribution in [-0.2, 0) is 4.74 Å². The Labute approximate surface area is 150 Å². The molecule has 1 aromatic rings. The first-order chi connectivity index (χ1) is 11.4. The largest absolute Gasteiger partial charge is 0.465 e. The number of methoxy groups -OCH3 is 1. The highest BCUT2D eigenvalue weighted by Crippen LogP contribution is 2.51. The number of nitrogens with zero attached hydrogens (tertiary/aromatic N) is 1. The van der Waals surface area contributed by atoms with Gasteiger partial charge in [-0.25, -0.2) is 10.1 Å². The summed E-state index contributed by atoms with van der Waals surface area (Å²) in [6.45, 7) is 3.90. The first kappa shape index (κ1) is 17.2. The third kappa shape index (κ3) is 2.77. The zero-order valence-electron chi connectivity index (χ0n) is 14.0. The minimum atomic E-state index is -0.773. The van der Waals surface area contributed by atoms with Crippen LogP contribution in [0, 0.1) is 24.1 Å². The number of esters is 1. The van der Waals surface area contributed by atoms with E-state index < -0.39 is 11.8 Å². The number of hydrogen-bond donors (Lipinski definition) is 0. The number of rotatable bonds is 2. The molecule has 2 heterocycles. The predicted octanol–water partition coefficient (Wildman–Crippen LogP) is 4.00. The maximum atomic E-state index is 11.9. The smallest absolute Gasteiger partial charge is 0.338 e. The van der Waals surface area contributed by atoms with Crippen molar-refractivity contribution in [1.29, 1.82) is 5.26 Å². The number of halogens is 1. The highest BCUT2D eigenvalue weighted by molar-refractivity contribution is 9.10. The number of ether oxygens (including phenoxy) is 3. The number of carbonyl (C=O) groups excluding carboxylic acids is 1. The molecule has 0 radical (unpaired) electrons. The van der Waals surface area contributed by atoms with Crippen molar-refractivity contribution in [3.05, 3.63) is 21.7 Å². The van der Waals surface area contributed by atoms with Gasteiger partial charge in [0.2, 0.25) is 0 Å². The summed E-state index contributed by atoms with van der Waals surface area (Å²) in [7, 11) is 1.36. The van der Waals surface area contributed by atoms with Crippen molar-refractivity contribution in [3.63, 3.8) is 0 Å². The zero-order valence-corrected chi connectivity index (χ0v) is 15.6. The van der Waals surface area contributed by atoms with E-state index in [0.29, 0.717) is 21.5 Å². The normalized spacial score (nSPS) is 23.0. The zero-order chi connectivity index (χ0) is 17.5. The van der Waals surface area contributed by atoms with Gasteiger partial charge in [0.15, 0.2) is 11.5 Å². The molecule has 126 valence electrons. The van der Waals surface area contributed by atoms with Crippen molar-refractivity contribution < 1.29 is 19.0 Å². The Morgan fingerprint density at radius 2 is 2.04 bits per heavy atom. The molecule has 1 unspecified atom stereocenters. The maximum absolute atomic E-state index is 11.9. The summed E-state index contributed by atoms with van der Waals surface area (Å²) in [5, 5.41) is 9.07. The third-order valence-electron chi connectivity index (χ3n) is 5.10. The van der Waals surface area contributed by atoms with Gasteiger partial charge in [-0.3, -0.25) is 0 Å². The second-order valence-corrected chi connectivity index (χ2v) is 7.43. The Balaban J connectivity index is 1.89. The summed E-state index contributed by atoms with van der Waals surface area (Å²) >= 11 is 3.47. The van der Waals surface area contributed by atoms with Gasteiger partial charge in [-0.05, 0) is 41.8 Å². The molecule has 7 heteroatoms. The Morgan fingerprint density at radius 1 is 1.42 bits per heavy atom. The van der Waals surface area contributed by atoms with Crippen LogP contribution in [-0.4, -0.2) is 25.6 Å². The lowest BCUT2D eigenvalue weighted by atomic mass is 9.41. The lowest BCUT2D eigenvalue weighted by Crippen LogP contribution is -2.45. The molecule has 2 aliphatic heterocycles. The van der Waals surface area contributed by atoms with Gasteiger partial charge in [-0.1, -0.05) is 12.6 Å². The van der Waals surface area contributed by atoms with Crippen molar-refractivity contribution in [1.82, 2.24) is 0 Å². The first-order valence-corrected chi connectivity index (χ1v) is 8.88. The minimum absolute atomic E-state index is 0.132. The van der Waals surface area contributed by atoms with Gasteiger partial charge in [0, 0.05) is 24.4 Å². The first-order valence-electron chi connectivity index (χ1n) is 8.08. The van der Waals surface area contributed by atoms with Crippen LogP contribution in [0.5, 0.6) is 11.5 Å². The standard InChI is InChI=1S/C17H19BBrNO4/c1-10-12(16(21)22-3)8-13(19)15-14(10)23-17(2,24-15)11-4-6-18(9-20)7-5-11/h8,11H,4-7H2,1-3H3. The number of hydrogen-bond acceptors (Lipinski definition) is 5. The second-order valence-electron chi connectivity index (χ2n) is 6.58. The molecule has 3 rings (SSSR count). The topological polar surface area (TPSA) is 68.5 Å². The van der Waals surface area contributed by atoms with Crippen LogP contribution in [0.1, 0.15) is 35.7 Å². The van der Waals surface area contributed by atoms with E-state index in [1.54, 1.807) is 6.07 Å². The molecule has 0 aliphatic carbocycles. The van der Waals surface area contributed by atoms with Gasteiger partial charge in [-0.2, -0.15) is 0 Å². The summed E-state index contributed by atoms with van der Waals surface area (Å²) in [6, 6.07) is 1.71. The summed E-state index contributed by atoms with van der Waals surface area (Å²) in [5.74, 6) is 2.61. The van der Waals surface area contributed by atoms with Crippen molar-refractivity contribution in [3.8, 4) is 17.5 Å². The number of benzene rings is 1. The molecule has 1 saturated heterocycles. The Hall–Kier alpha value is -1.68. The van der Waals surface area contributed by atoms with Crippen LogP contribution < -0.4 is 9.47 Å². The van der Waals surface area contributed by atoms with Crippen molar-refractivity contribution in [2.75, 3.05) is 7.11 Å². The van der Waals surface area contributed by atoms with Crippen LogP contribution in [0.3, 0.4) is 0 Å². The summed E-state index contributed by atoms with van der Waals surface area (Å²) in [6.07, 6.45) is 3.52. The SMILES string of the molecule is COC(=O)c1cc(Br)c2c(c1C)OC(C)(C1CCB(C#N)CC1)O2. The van der Waals surface area contributed by atoms with E-state index in [-0.39, 0.29) is 12.6 Å². The molecule has 0 N–H and O–H groups in total.